The summed E-state index contributed by atoms with van der Waals surface area (Å²) in [6.45, 7) is 0. The van der Waals surface area contributed by atoms with Gasteiger partial charge in [0.25, 0.3) is 0 Å². The second-order valence-electron chi connectivity index (χ2n) is 4.98. The van der Waals surface area contributed by atoms with Gasteiger partial charge in [-0.15, -0.1) is 0 Å². The van der Waals surface area contributed by atoms with Crippen LogP contribution in [0.25, 0.3) is 0 Å². The van der Waals surface area contributed by atoms with Crippen molar-refractivity contribution in [3.05, 3.63) is 37.4 Å². The number of amidine groups is 1. The molecule has 1 aliphatic heterocycles. The highest BCUT2D eigenvalue weighted by Gasteiger charge is 2.44. The zero-order chi connectivity index (χ0) is 19.3. The van der Waals surface area contributed by atoms with Crippen LogP contribution in [0.2, 0.25) is 0 Å². The minimum absolute atomic E-state index is 0.0275. The summed E-state index contributed by atoms with van der Waals surface area (Å²) in [6.07, 6.45) is -3.29. The molecule has 2 atom stereocenters. The van der Waals surface area contributed by atoms with Crippen molar-refractivity contribution in [2.75, 3.05) is 11.3 Å². The van der Waals surface area contributed by atoms with Crippen LogP contribution in [0, 0.1) is 5.41 Å². The highest BCUT2D eigenvalue weighted by Crippen LogP contribution is 2.44. The number of nitrogens with one attached hydrogen (secondary N) is 1. The average Bonchev–Trinajstić information content (AvgIpc) is 2.70. The van der Waals surface area contributed by atoms with E-state index in [9.17, 15) is 22.6 Å². The van der Waals surface area contributed by atoms with Crippen molar-refractivity contribution in [3.8, 4) is 0 Å². The van der Waals surface area contributed by atoms with Crippen molar-refractivity contribution in [2.24, 2.45) is 11.5 Å². The van der Waals surface area contributed by atoms with Gasteiger partial charge >= 0.3 is 6.18 Å². The summed E-state index contributed by atoms with van der Waals surface area (Å²) >= 11 is 6.04. The van der Waals surface area contributed by atoms with Crippen molar-refractivity contribution < 1.29 is 22.6 Å². The van der Waals surface area contributed by atoms with E-state index in [1.807, 2.05) is 0 Å². The number of benzene rings is 1. The summed E-state index contributed by atoms with van der Waals surface area (Å²) in [5.74, 6) is -0.734. The molecule has 138 valence electrons. The van der Waals surface area contributed by atoms with Gasteiger partial charge in [-0.1, -0.05) is 5.17 Å². The number of nitrogens with two attached hydrogens (primary N) is 2. The number of nitrogens with zero attached hydrogens (tertiary/aromatic N) is 2. The van der Waals surface area contributed by atoms with E-state index in [1.165, 1.54) is 6.26 Å². The first-order valence-electron chi connectivity index (χ1n) is 6.39. The summed E-state index contributed by atoms with van der Waals surface area (Å²) in [5, 5.41) is 19.3. The Morgan fingerprint density at radius 1 is 1.36 bits per heavy atom. The Morgan fingerprint density at radius 3 is 2.16 bits per heavy atom. The summed E-state index contributed by atoms with van der Waals surface area (Å²) in [7, 11) is -1.69. The number of halogens is 5. The quantitative estimate of drug-likeness (QED) is 0.369. The zero-order valence-corrected chi connectivity index (χ0v) is 16.4. The lowest BCUT2D eigenvalue weighted by molar-refractivity contribution is -0.137. The fourth-order valence-electron chi connectivity index (χ4n) is 2.30. The Bertz CT molecular complexity index is 778. The molecule has 0 aromatic heterocycles. The van der Waals surface area contributed by atoms with E-state index >= 15 is 0 Å². The molecule has 7 nitrogen and oxygen atoms in total. The summed E-state index contributed by atoms with van der Waals surface area (Å²) in [5.41, 5.74) is 10.5. The highest BCUT2D eigenvalue weighted by atomic mass is 79.9. The Balaban J connectivity index is 2.66. The van der Waals surface area contributed by atoms with E-state index in [0.717, 1.165) is 17.1 Å². The number of hydrogen-bond donors (Lipinski definition) is 4. The SMILES string of the molecule is CS(=O)C1=C(N)N(c2c(Br)cc(C(F)(F)F)cc2Br)N(O)C1C(=N)N. The van der Waals surface area contributed by atoms with Crippen LogP contribution in [-0.4, -0.2) is 32.7 Å². The molecule has 0 saturated heterocycles. The number of hydrogen-bond acceptors (Lipinski definition) is 6. The molecule has 1 heterocycles. The fraction of sp³-hybridized carbons (Fsp3) is 0.250. The molecule has 0 fully saturated rings. The Labute approximate surface area is 159 Å². The number of hydroxylamine groups is 1. The Kier molecular flexibility index (Phi) is 5.54. The smallest absolute Gasteiger partial charge is 0.386 e. The van der Waals surface area contributed by atoms with Crippen LogP contribution in [0.4, 0.5) is 18.9 Å². The molecule has 0 saturated carbocycles. The standard InChI is InChI=1S/C12H12Br2F3N5O2S/c1-25(24)9-8(10(18)19)22(23)21(11(9)20)7-5(13)2-4(3-6(7)14)12(15,16)17/h2-3,8,23H,20H2,1H3,(H3,18,19). The monoisotopic (exact) mass is 505 g/mol. The third-order valence-corrected chi connectivity index (χ3v) is 5.59. The maximum Gasteiger partial charge on any atom is 0.416 e. The summed E-state index contributed by atoms with van der Waals surface area (Å²) in [6, 6.07) is 0.322. The van der Waals surface area contributed by atoms with Gasteiger partial charge in [-0.05, 0) is 44.0 Å². The largest absolute Gasteiger partial charge is 0.416 e. The molecular formula is C12H12Br2F3N5O2S. The van der Waals surface area contributed by atoms with Crippen molar-refractivity contribution in [1.29, 1.82) is 5.41 Å². The van der Waals surface area contributed by atoms with Gasteiger partial charge in [0, 0.05) is 15.2 Å². The van der Waals surface area contributed by atoms with Gasteiger partial charge < -0.3 is 11.5 Å². The second-order valence-corrected chi connectivity index (χ2v) is 8.04. The lowest BCUT2D eigenvalue weighted by atomic mass is 10.2. The van der Waals surface area contributed by atoms with Crippen LogP contribution in [0.1, 0.15) is 5.56 Å². The van der Waals surface area contributed by atoms with E-state index < -0.39 is 34.4 Å². The van der Waals surface area contributed by atoms with Crippen molar-refractivity contribution >= 4 is 54.2 Å². The van der Waals surface area contributed by atoms with Crippen molar-refractivity contribution in [1.82, 2.24) is 5.17 Å². The number of alkyl halides is 3. The third kappa shape index (κ3) is 3.56. The molecule has 13 heteroatoms. The molecule has 0 spiro atoms. The van der Waals surface area contributed by atoms with E-state index in [0.29, 0.717) is 5.17 Å². The molecule has 0 amide bonds. The molecule has 0 bridgehead atoms. The van der Waals surface area contributed by atoms with Crippen LogP contribution >= 0.6 is 31.9 Å². The first kappa shape index (κ1) is 20.2. The highest BCUT2D eigenvalue weighted by molar-refractivity contribution is 9.11. The summed E-state index contributed by atoms with van der Waals surface area (Å²) < 4.78 is 50.6. The fourth-order valence-corrected chi connectivity index (χ4v) is 4.74. The van der Waals surface area contributed by atoms with Crippen LogP contribution in [0.3, 0.4) is 0 Å². The van der Waals surface area contributed by atoms with Crippen molar-refractivity contribution in [3.63, 3.8) is 0 Å². The van der Waals surface area contributed by atoms with Crippen molar-refractivity contribution in [2.45, 2.75) is 12.2 Å². The summed E-state index contributed by atoms with van der Waals surface area (Å²) in [4.78, 5) is -0.0336. The molecule has 6 N–H and O–H groups in total. The van der Waals surface area contributed by atoms with E-state index in [-0.39, 0.29) is 25.4 Å². The molecule has 0 aliphatic carbocycles. The first-order chi connectivity index (χ1) is 11.4. The lowest BCUT2D eigenvalue weighted by Gasteiger charge is -2.30. The van der Waals surface area contributed by atoms with Gasteiger partial charge in [0.1, 0.15) is 17.7 Å². The minimum Gasteiger partial charge on any atom is -0.386 e. The van der Waals surface area contributed by atoms with Gasteiger partial charge in [-0.25, -0.2) is 5.01 Å². The maximum atomic E-state index is 12.9. The zero-order valence-electron chi connectivity index (χ0n) is 12.4. The lowest BCUT2D eigenvalue weighted by Crippen LogP contribution is -2.47. The van der Waals surface area contributed by atoms with Gasteiger partial charge in [0.15, 0.2) is 0 Å². The van der Waals surface area contributed by atoms with Crippen LogP contribution in [0.15, 0.2) is 31.8 Å². The predicted octanol–water partition coefficient (Wildman–Crippen LogP) is 2.47. The molecule has 25 heavy (non-hydrogen) atoms. The van der Waals surface area contributed by atoms with E-state index in [1.54, 1.807) is 0 Å². The Morgan fingerprint density at radius 2 is 1.84 bits per heavy atom. The van der Waals surface area contributed by atoms with Crippen LogP contribution < -0.4 is 16.5 Å². The van der Waals surface area contributed by atoms with Gasteiger partial charge in [0.2, 0.25) is 0 Å². The molecular weight excluding hydrogens is 495 g/mol. The predicted molar refractivity (Wildman–Crippen MR) is 93.9 cm³/mol. The number of anilines is 1. The number of rotatable bonds is 3. The topological polar surface area (TPSA) is 120 Å². The normalized spacial score (nSPS) is 20.3. The second kappa shape index (κ2) is 6.87. The van der Waals surface area contributed by atoms with Gasteiger partial charge in [-0.2, -0.15) is 13.2 Å². The first-order valence-corrected chi connectivity index (χ1v) is 9.53. The minimum atomic E-state index is -4.58. The van der Waals surface area contributed by atoms with Gasteiger partial charge in [0.05, 0.1) is 27.0 Å². The number of hydrazine groups is 1. The molecule has 1 aliphatic rings. The van der Waals surface area contributed by atoms with E-state index in [4.69, 9.17) is 16.9 Å². The molecule has 1 aromatic rings. The maximum absolute atomic E-state index is 12.9. The molecule has 2 unspecified atom stereocenters. The van der Waals surface area contributed by atoms with Crippen LogP contribution in [-0.2, 0) is 17.0 Å². The molecule has 0 radical (unpaired) electrons. The van der Waals surface area contributed by atoms with Gasteiger partial charge in [-0.3, -0.25) is 14.8 Å². The average molecular weight is 507 g/mol. The Hall–Kier alpha value is -1.15. The molecule has 1 aromatic carbocycles. The molecule has 2 rings (SSSR count). The third-order valence-electron chi connectivity index (χ3n) is 3.33. The van der Waals surface area contributed by atoms with E-state index in [2.05, 4.69) is 31.9 Å². The van der Waals surface area contributed by atoms with Crippen LogP contribution in [0.5, 0.6) is 0 Å².